The van der Waals surface area contributed by atoms with Crippen molar-refractivity contribution in [1.29, 1.82) is 0 Å². The van der Waals surface area contributed by atoms with Gasteiger partial charge >= 0.3 is 0 Å². The van der Waals surface area contributed by atoms with E-state index in [-0.39, 0.29) is 5.75 Å². The van der Waals surface area contributed by atoms with Gasteiger partial charge in [-0.15, -0.1) is 16.8 Å². The number of halogens is 3. The van der Waals surface area contributed by atoms with Crippen molar-refractivity contribution in [3.8, 4) is 0 Å². The van der Waals surface area contributed by atoms with Crippen molar-refractivity contribution >= 4 is 23.4 Å². The molecule has 2 aromatic rings. The number of carbonyl (C=O) groups excluding carboxylic acids is 1. The molecule has 0 aliphatic heterocycles. The van der Waals surface area contributed by atoms with Crippen molar-refractivity contribution in [1.82, 2.24) is 14.8 Å². The molecule has 1 aromatic heterocycles. The zero-order chi connectivity index (χ0) is 17.0. The van der Waals surface area contributed by atoms with Crippen molar-refractivity contribution in [2.75, 3.05) is 11.1 Å². The first-order valence-corrected chi connectivity index (χ1v) is 7.49. The first-order valence-electron chi connectivity index (χ1n) is 6.51. The fourth-order valence-electron chi connectivity index (χ4n) is 1.75. The highest BCUT2D eigenvalue weighted by atomic mass is 32.2. The van der Waals surface area contributed by atoms with Gasteiger partial charge in [-0.2, -0.15) is 0 Å². The van der Waals surface area contributed by atoms with Gasteiger partial charge in [0.25, 0.3) is 0 Å². The lowest BCUT2D eigenvalue weighted by molar-refractivity contribution is -0.113. The van der Waals surface area contributed by atoms with Crippen LogP contribution < -0.4 is 5.32 Å². The van der Waals surface area contributed by atoms with Crippen LogP contribution in [0.2, 0.25) is 0 Å². The number of aromatic nitrogens is 3. The number of benzene rings is 1. The van der Waals surface area contributed by atoms with Crippen molar-refractivity contribution in [2.24, 2.45) is 0 Å². The molecular formula is C14H13F3N4OS. The minimum absolute atomic E-state index is 0.0896. The maximum atomic E-state index is 13.5. The average Bonchev–Trinajstić information content (AvgIpc) is 2.87. The number of anilines is 1. The second kappa shape index (κ2) is 7.32. The Bertz CT molecular complexity index is 748. The predicted octanol–water partition coefficient (Wildman–Crippen LogP) is 2.92. The predicted molar refractivity (Wildman–Crippen MR) is 80.6 cm³/mol. The molecule has 5 nitrogen and oxygen atoms in total. The SMILES string of the molecule is C=CCn1c(C)nnc1SCC(=O)Nc1ccc(F)c(F)c1F. The molecule has 0 atom stereocenters. The monoisotopic (exact) mass is 342 g/mol. The number of nitrogens with one attached hydrogen (secondary N) is 1. The van der Waals surface area contributed by atoms with E-state index in [9.17, 15) is 18.0 Å². The Morgan fingerprint density at radius 3 is 2.78 bits per heavy atom. The topological polar surface area (TPSA) is 59.8 Å². The van der Waals surface area contributed by atoms with Gasteiger partial charge < -0.3 is 9.88 Å². The molecule has 122 valence electrons. The van der Waals surface area contributed by atoms with Gasteiger partial charge in [0.05, 0.1) is 11.4 Å². The van der Waals surface area contributed by atoms with Crippen molar-refractivity contribution in [3.63, 3.8) is 0 Å². The lowest BCUT2D eigenvalue weighted by Gasteiger charge is -2.08. The van der Waals surface area contributed by atoms with Crippen LogP contribution in [0.1, 0.15) is 5.82 Å². The molecule has 1 N–H and O–H groups in total. The van der Waals surface area contributed by atoms with E-state index in [0.29, 0.717) is 17.5 Å². The lowest BCUT2D eigenvalue weighted by atomic mass is 10.3. The molecular weight excluding hydrogens is 329 g/mol. The van der Waals surface area contributed by atoms with E-state index in [0.717, 1.165) is 23.9 Å². The molecule has 0 aliphatic carbocycles. The van der Waals surface area contributed by atoms with E-state index in [2.05, 4.69) is 22.1 Å². The molecule has 0 saturated heterocycles. The lowest BCUT2D eigenvalue weighted by Crippen LogP contribution is -2.16. The average molecular weight is 342 g/mol. The largest absolute Gasteiger partial charge is 0.323 e. The van der Waals surface area contributed by atoms with Crippen LogP contribution >= 0.6 is 11.8 Å². The van der Waals surface area contributed by atoms with Crippen LogP contribution in [-0.4, -0.2) is 26.4 Å². The summed E-state index contributed by atoms with van der Waals surface area (Å²) in [4.78, 5) is 11.8. The summed E-state index contributed by atoms with van der Waals surface area (Å²) >= 11 is 1.09. The minimum atomic E-state index is -1.63. The highest BCUT2D eigenvalue weighted by molar-refractivity contribution is 7.99. The van der Waals surface area contributed by atoms with E-state index in [1.165, 1.54) is 0 Å². The third-order valence-electron chi connectivity index (χ3n) is 2.86. The van der Waals surface area contributed by atoms with E-state index < -0.39 is 29.0 Å². The fourth-order valence-corrected chi connectivity index (χ4v) is 2.54. The summed E-state index contributed by atoms with van der Waals surface area (Å²) in [6.45, 7) is 5.87. The Hall–Kier alpha value is -2.29. The van der Waals surface area contributed by atoms with E-state index in [1.807, 2.05) is 0 Å². The minimum Gasteiger partial charge on any atom is -0.323 e. The normalized spacial score (nSPS) is 10.6. The number of thioether (sulfide) groups is 1. The van der Waals surface area contributed by atoms with Crippen LogP contribution in [0.3, 0.4) is 0 Å². The first-order chi connectivity index (χ1) is 10.9. The quantitative estimate of drug-likeness (QED) is 0.498. The maximum absolute atomic E-state index is 13.5. The Labute approximate surface area is 134 Å². The van der Waals surface area contributed by atoms with Gasteiger partial charge in [-0.25, -0.2) is 13.2 Å². The molecule has 0 unspecified atom stereocenters. The van der Waals surface area contributed by atoms with Gasteiger partial charge in [0, 0.05) is 6.54 Å². The molecule has 0 radical (unpaired) electrons. The van der Waals surface area contributed by atoms with Gasteiger partial charge in [0.15, 0.2) is 22.6 Å². The van der Waals surface area contributed by atoms with Crippen LogP contribution in [-0.2, 0) is 11.3 Å². The summed E-state index contributed by atoms with van der Waals surface area (Å²) in [7, 11) is 0. The third kappa shape index (κ3) is 3.92. The van der Waals surface area contributed by atoms with Gasteiger partial charge in [-0.3, -0.25) is 4.79 Å². The molecule has 0 aliphatic rings. The van der Waals surface area contributed by atoms with E-state index in [4.69, 9.17) is 0 Å². The van der Waals surface area contributed by atoms with Crippen LogP contribution in [0.25, 0.3) is 0 Å². The Morgan fingerprint density at radius 1 is 1.35 bits per heavy atom. The van der Waals surface area contributed by atoms with Crippen LogP contribution in [0, 0.1) is 24.4 Å². The molecule has 0 bridgehead atoms. The summed E-state index contributed by atoms with van der Waals surface area (Å²) in [6.07, 6.45) is 1.66. The maximum Gasteiger partial charge on any atom is 0.234 e. The van der Waals surface area contributed by atoms with Gasteiger partial charge in [-0.05, 0) is 19.1 Å². The Morgan fingerprint density at radius 2 is 2.09 bits per heavy atom. The summed E-state index contributed by atoms with van der Waals surface area (Å²) in [5.74, 6) is -4.38. The zero-order valence-corrected chi connectivity index (χ0v) is 13.0. The third-order valence-corrected chi connectivity index (χ3v) is 3.82. The second-order valence-corrected chi connectivity index (χ2v) is 5.43. The number of rotatable bonds is 6. The Balaban J connectivity index is 2.01. The molecule has 9 heteroatoms. The molecule has 1 aromatic carbocycles. The summed E-state index contributed by atoms with van der Waals surface area (Å²) < 4.78 is 41.2. The molecule has 1 heterocycles. The number of hydrogen-bond acceptors (Lipinski definition) is 4. The van der Waals surface area contributed by atoms with Crippen molar-refractivity contribution in [3.05, 3.63) is 48.1 Å². The standard InChI is InChI=1S/C14H13F3N4OS/c1-3-6-21-8(2)19-20-14(21)23-7-11(22)18-10-5-4-9(15)12(16)13(10)17/h3-5H,1,6-7H2,2H3,(H,18,22). The second-order valence-electron chi connectivity index (χ2n) is 4.49. The molecule has 23 heavy (non-hydrogen) atoms. The zero-order valence-electron chi connectivity index (χ0n) is 12.1. The summed E-state index contributed by atoms with van der Waals surface area (Å²) in [6, 6.07) is 1.70. The first kappa shape index (κ1) is 17.1. The number of aryl methyl sites for hydroxylation is 1. The van der Waals surface area contributed by atoms with E-state index in [1.54, 1.807) is 17.6 Å². The molecule has 0 fully saturated rings. The molecule has 1 amide bonds. The van der Waals surface area contributed by atoms with Crippen molar-refractivity contribution in [2.45, 2.75) is 18.6 Å². The van der Waals surface area contributed by atoms with E-state index >= 15 is 0 Å². The number of allylic oxidation sites excluding steroid dienone is 1. The molecule has 2 rings (SSSR count). The summed E-state index contributed by atoms with van der Waals surface area (Å²) in [5.41, 5.74) is -0.418. The van der Waals surface area contributed by atoms with Gasteiger partial charge in [-0.1, -0.05) is 17.8 Å². The van der Waals surface area contributed by atoms with Crippen LogP contribution in [0.4, 0.5) is 18.9 Å². The number of hydrogen-bond donors (Lipinski definition) is 1. The molecule has 0 saturated carbocycles. The van der Waals surface area contributed by atoms with Crippen molar-refractivity contribution < 1.29 is 18.0 Å². The van der Waals surface area contributed by atoms with Gasteiger partial charge in [0.2, 0.25) is 5.91 Å². The van der Waals surface area contributed by atoms with Gasteiger partial charge in [0.1, 0.15) is 5.82 Å². The number of nitrogens with zero attached hydrogens (tertiary/aromatic N) is 3. The smallest absolute Gasteiger partial charge is 0.234 e. The number of carbonyl (C=O) groups is 1. The molecule has 0 spiro atoms. The van der Waals surface area contributed by atoms with Crippen LogP contribution in [0.5, 0.6) is 0 Å². The van der Waals surface area contributed by atoms with Crippen LogP contribution in [0.15, 0.2) is 29.9 Å². The highest BCUT2D eigenvalue weighted by Crippen LogP contribution is 2.21. The highest BCUT2D eigenvalue weighted by Gasteiger charge is 2.16. The Kier molecular flexibility index (Phi) is 5.43. The fraction of sp³-hybridized carbons (Fsp3) is 0.214. The summed E-state index contributed by atoms with van der Waals surface area (Å²) in [5, 5.41) is 10.5. The number of amides is 1.